The number of likely N-dealkylation sites (N-methyl/N-ethyl adjacent to an activating group) is 1. The van der Waals surface area contributed by atoms with Crippen molar-refractivity contribution >= 4 is 76.3 Å². The number of alkyl carbamates (subject to hydrolysis) is 1. The standard InChI is InChI=1S/C59H80ClN7O16/c1-34-14-13-15-46(79-10)59(77)32-45(81-57(76)63-59)35(2)54-58(6,83-54)47(31-52(73)66(8)43-29-40(28-34)30-44(78-9)53(43)60)82-56(75)37(4)65(7)50(71)17-12-11-16-49(70)64-80-33-39-18-20-42(21-19-39)62-55(74)36(3)61-48(69)22-23-51(72)67-26-24-41(25-27-67)38(5)68/h13-15,18-21,29-30,35-37,41,45-47,54,77H,11-12,16-17,22-28,31-33H2,1-10H3,(H,61,69)(H,62,74)(H,63,76)(H,64,70)/b15-13+,34-14+/t35-,36+,37+,45+,46-,47+,54+,58+,59+/m1/s1. The van der Waals surface area contributed by atoms with Crippen LogP contribution in [0.3, 0.4) is 0 Å². The van der Waals surface area contributed by atoms with E-state index < -0.39 is 95.3 Å². The molecule has 0 unspecified atom stereocenters. The third kappa shape index (κ3) is 17.3. The summed E-state index contributed by atoms with van der Waals surface area (Å²) in [6.07, 6.45) is 2.15. The van der Waals surface area contributed by atoms with Crippen LogP contribution in [0, 0.1) is 11.8 Å². The van der Waals surface area contributed by atoms with Gasteiger partial charge >= 0.3 is 12.1 Å². The van der Waals surface area contributed by atoms with Gasteiger partial charge in [0.25, 0.3) is 0 Å². The Kier molecular flexibility index (Phi) is 22.8. The second-order valence-electron chi connectivity index (χ2n) is 22.2. The number of esters is 1. The van der Waals surface area contributed by atoms with Gasteiger partial charge in [0.2, 0.25) is 35.4 Å². The predicted molar refractivity (Wildman–Crippen MR) is 304 cm³/mol. The van der Waals surface area contributed by atoms with E-state index in [9.17, 15) is 48.3 Å². The maximum atomic E-state index is 14.4. The maximum Gasteiger partial charge on any atom is 0.409 e. The molecule has 2 aromatic carbocycles. The number of benzene rings is 2. The van der Waals surface area contributed by atoms with Gasteiger partial charge in [-0.2, -0.15) is 0 Å². The number of amides is 7. The number of allylic oxidation sites excluding steroid dienone is 3. The van der Waals surface area contributed by atoms with Gasteiger partial charge < -0.3 is 54.1 Å². The number of fused-ring (bicyclic) bond motifs is 5. The molecule has 9 atom stereocenters. The molecule has 0 saturated carbocycles. The molecule has 3 saturated heterocycles. The largest absolute Gasteiger partial charge is 0.495 e. The average molecular weight is 1180 g/mol. The zero-order valence-corrected chi connectivity index (χ0v) is 49.8. The molecule has 7 amide bonds. The number of nitrogens with zero attached hydrogens (tertiary/aromatic N) is 3. The van der Waals surface area contributed by atoms with Gasteiger partial charge in [0.1, 0.15) is 52.6 Å². The lowest BCUT2D eigenvalue weighted by Gasteiger charge is -2.42. The minimum atomic E-state index is -1.88. The van der Waals surface area contributed by atoms with E-state index >= 15 is 0 Å². The van der Waals surface area contributed by atoms with E-state index in [0.717, 1.165) is 11.1 Å². The summed E-state index contributed by atoms with van der Waals surface area (Å²) in [5.41, 5.74) is 2.33. The quantitative estimate of drug-likeness (QED) is 0.0482. The Labute approximate surface area is 489 Å². The summed E-state index contributed by atoms with van der Waals surface area (Å²) in [7, 11) is 5.87. The lowest BCUT2D eigenvalue weighted by Crippen LogP contribution is -2.63. The van der Waals surface area contributed by atoms with Gasteiger partial charge in [0, 0.05) is 83.9 Å². The van der Waals surface area contributed by atoms with Gasteiger partial charge in [0.15, 0.2) is 5.72 Å². The van der Waals surface area contributed by atoms with Crippen LogP contribution in [0.1, 0.15) is 117 Å². The molecule has 83 heavy (non-hydrogen) atoms. The first-order valence-electron chi connectivity index (χ1n) is 28.0. The second-order valence-corrected chi connectivity index (χ2v) is 22.5. The maximum absolute atomic E-state index is 14.4. The Hall–Kier alpha value is -6.92. The molecule has 4 heterocycles. The number of piperidine rings is 1. The minimum Gasteiger partial charge on any atom is -0.495 e. The number of methoxy groups -OCH3 is 2. The molecule has 4 bridgehead atoms. The number of rotatable bonds is 20. The number of halogens is 1. The number of epoxide rings is 1. The van der Waals surface area contributed by atoms with Crippen molar-refractivity contribution in [3.63, 3.8) is 0 Å². The Morgan fingerprint density at radius 3 is 2.33 bits per heavy atom. The van der Waals surface area contributed by atoms with E-state index in [2.05, 4.69) is 21.4 Å². The van der Waals surface area contributed by atoms with Crippen LogP contribution in [0.4, 0.5) is 16.2 Å². The predicted octanol–water partition coefficient (Wildman–Crippen LogP) is 5.37. The molecule has 0 aliphatic carbocycles. The number of ether oxygens (including phenoxy) is 5. The second kappa shape index (κ2) is 29.1. The number of nitrogens with one attached hydrogen (secondary N) is 4. The highest BCUT2D eigenvalue weighted by Crippen LogP contribution is 2.49. The SMILES string of the molecule is COc1cc2cc(c1Cl)N(C)C(=O)C[C@H](OC(=O)[C@H](C)N(C)C(=O)CCCCC(=O)NOCc1ccc(NC(=O)[C@H](C)NC(=O)CCC(=O)N3CCC(C(C)=O)CC3)cc1)[C@]1(C)O[C@H]1[C@H](C)[C@@H]1C[C@@](O)(NC(=O)O1)[C@H](OC)/C=C/C=C(\C)C2. The van der Waals surface area contributed by atoms with Gasteiger partial charge in [-0.15, -0.1) is 0 Å². The number of ketones is 1. The zero-order chi connectivity index (χ0) is 60.9. The Balaban J connectivity index is 0.972. The van der Waals surface area contributed by atoms with E-state index in [4.69, 9.17) is 40.1 Å². The lowest BCUT2D eigenvalue weighted by molar-refractivity contribution is -0.162. The molecular formula is C59H80ClN7O16. The number of Topliss-reactive ketones (excluding diaryl/α,β-unsaturated/α-hetero) is 1. The highest BCUT2D eigenvalue weighted by atomic mass is 35.5. The first-order valence-corrected chi connectivity index (χ1v) is 28.4. The summed E-state index contributed by atoms with van der Waals surface area (Å²) in [6, 6.07) is 8.18. The topological polar surface area (TPSA) is 290 Å². The molecular weight excluding hydrogens is 1100 g/mol. The van der Waals surface area contributed by atoms with Crippen LogP contribution in [0.15, 0.2) is 60.2 Å². The van der Waals surface area contributed by atoms with Gasteiger partial charge in [0.05, 0.1) is 31.9 Å². The Morgan fingerprint density at radius 1 is 0.976 bits per heavy atom. The number of anilines is 2. The molecule has 24 heteroatoms. The summed E-state index contributed by atoms with van der Waals surface area (Å²) >= 11 is 6.82. The normalized spacial score (nSPS) is 25.6. The van der Waals surface area contributed by atoms with Crippen molar-refractivity contribution in [1.82, 2.24) is 25.9 Å². The van der Waals surface area contributed by atoms with Crippen LogP contribution in [-0.4, -0.2) is 157 Å². The van der Waals surface area contributed by atoms with Crippen LogP contribution in [0.25, 0.3) is 0 Å². The van der Waals surface area contributed by atoms with Crippen molar-refractivity contribution in [2.45, 2.75) is 167 Å². The first-order chi connectivity index (χ1) is 39.3. The van der Waals surface area contributed by atoms with Crippen molar-refractivity contribution in [3.05, 3.63) is 76.3 Å². The number of hydrogen-bond acceptors (Lipinski definition) is 16. The fourth-order valence-electron chi connectivity index (χ4n) is 10.4. The number of carbonyl (C=O) groups is 9. The first kappa shape index (κ1) is 65.2. The number of hydrogen-bond donors (Lipinski definition) is 5. The molecule has 4 aliphatic heterocycles. The number of aliphatic hydroxyl groups is 1. The fraction of sp³-hybridized carbons (Fsp3) is 0.576. The highest BCUT2D eigenvalue weighted by molar-refractivity contribution is 6.35. The van der Waals surface area contributed by atoms with Crippen LogP contribution >= 0.6 is 11.6 Å². The number of carbonyl (C=O) groups excluding carboxylic acids is 9. The molecule has 2 aromatic rings. The summed E-state index contributed by atoms with van der Waals surface area (Å²) in [5, 5.41) is 19.9. The highest BCUT2D eigenvalue weighted by Gasteiger charge is 2.64. The van der Waals surface area contributed by atoms with Crippen molar-refractivity contribution in [2.75, 3.05) is 51.6 Å². The summed E-state index contributed by atoms with van der Waals surface area (Å²) in [5.74, 6) is -3.39. The summed E-state index contributed by atoms with van der Waals surface area (Å²) in [4.78, 5) is 127. The van der Waals surface area contributed by atoms with E-state index in [0.29, 0.717) is 67.9 Å². The molecule has 0 aromatic heterocycles. The number of hydroxylamine groups is 1. The van der Waals surface area contributed by atoms with Crippen LogP contribution in [-0.2, 0) is 75.2 Å². The van der Waals surface area contributed by atoms with E-state index in [1.807, 2.05) is 13.0 Å². The van der Waals surface area contributed by atoms with E-state index in [1.165, 1.54) is 44.9 Å². The van der Waals surface area contributed by atoms with Crippen LogP contribution in [0.2, 0.25) is 5.02 Å². The third-order valence-electron chi connectivity index (χ3n) is 16.0. The molecule has 6 rings (SSSR count). The van der Waals surface area contributed by atoms with Gasteiger partial charge in [-0.25, -0.2) is 15.1 Å². The Morgan fingerprint density at radius 2 is 1.66 bits per heavy atom. The Bertz CT molecular complexity index is 2790. The molecule has 454 valence electrons. The molecule has 5 N–H and O–H groups in total. The summed E-state index contributed by atoms with van der Waals surface area (Å²) in [6.45, 7) is 10.9. The minimum absolute atomic E-state index is 0.000369. The monoisotopic (exact) mass is 1180 g/mol. The van der Waals surface area contributed by atoms with Crippen LogP contribution in [0.5, 0.6) is 5.75 Å². The smallest absolute Gasteiger partial charge is 0.409 e. The van der Waals surface area contributed by atoms with Gasteiger partial charge in [-0.1, -0.05) is 54.5 Å². The van der Waals surface area contributed by atoms with Crippen molar-refractivity contribution in [2.24, 2.45) is 11.8 Å². The summed E-state index contributed by atoms with van der Waals surface area (Å²) < 4.78 is 29.4. The van der Waals surface area contributed by atoms with E-state index in [-0.39, 0.29) is 67.8 Å². The molecule has 0 radical (unpaired) electrons. The third-order valence-corrected chi connectivity index (χ3v) is 16.4. The van der Waals surface area contributed by atoms with Gasteiger partial charge in [-0.05, 0) is 102 Å². The molecule has 4 aliphatic rings. The molecule has 3 fully saturated rings. The number of unbranched alkanes of at least 4 members (excludes halogenated alkanes) is 1. The molecule has 23 nitrogen and oxygen atoms in total. The zero-order valence-electron chi connectivity index (χ0n) is 49.0. The fourth-order valence-corrected chi connectivity index (χ4v) is 10.7. The average Bonchev–Trinajstić information content (AvgIpc) is 2.72. The van der Waals surface area contributed by atoms with Crippen molar-refractivity contribution in [3.8, 4) is 5.75 Å². The lowest BCUT2D eigenvalue weighted by atomic mass is 9.83. The van der Waals surface area contributed by atoms with Gasteiger partial charge in [-0.3, -0.25) is 43.7 Å². The van der Waals surface area contributed by atoms with Crippen LogP contribution < -0.4 is 31.1 Å². The molecule has 0 spiro atoms. The van der Waals surface area contributed by atoms with Crippen molar-refractivity contribution in [1.29, 1.82) is 0 Å². The van der Waals surface area contributed by atoms with E-state index in [1.54, 1.807) is 81.3 Å². The van der Waals surface area contributed by atoms with Crippen molar-refractivity contribution < 1.29 is 76.8 Å². The number of likely N-dealkylation sites (tertiary alicyclic amines) is 1.